The van der Waals surface area contributed by atoms with Crippen LogP contribution < -0.4 is 5.32 Å². The summed E-state index contributed by atoms with van der Waals surface area (Å²) in [5.41, 5.74) is 1.79. The first-order valence-electron chi connectivity index (χ1n) is 10.2. The van der Waals surface area contributed by atoms with Gasteiger partial charge in [0.2, 0.25) is 0 Å². The summed E-state index contributed by atoms with van der Waals surface area (Å²) in [6.07, 6.45) is 1.26. The molecule has 0 unspecified atom stereocenters. The van der Waals surface area contributed by atoms with Crippen LogP contribution in [0.4, 0.5) is 9.59 Å². The number of likely N-dealkylation sites (tertiary alicyclic amines) is 1. The molecule has 0 saturated carbocycles. The van der Waals surface area contributed by atoms with Gasteiger partial charge in [0, 0.05) is 6.54 Å². The molecule has 0 bridgehead atoms. The van der Waals surface area contributed by atoms with Crippen LogP contribution in [0.5, 0.6) is 0 Å². The highest BCUT2D eigenvalue weighted by molar-refractivity contribution is 5.70. The average Bonchev–Trinajstić information content (AvgIpc) is 2.80. The summed E-state index contributed by atoms with van der Waals surface area (Å²) in [4.78, 5) is 26.4. The Morgan fingerprint density at radius 2 is 1.47 bits per heavy atom. The van der Waals surface area contributed by atoms with Gasteiger partial charge < -0.3 is 19.9 Å². The number of benzene rings is 2. The Morgan fingerprint density at radius 3 is 2.07 bits per heavy atom. The number of alkyl carbamates (subject to hydrolysis) is 1. The number of carbonyl (C=O) groups is 2. The van der Waals surface area contributed by atoms with E-state index in [1.165, 1.54) is 0 Å². The lowest BCUT2D eigenvalue weighted by atomic mass is 9.96. The summed E-state index contributed by atoms with van der Waals surface area (Å²) in [7, 11) is 0. The number of rotatable bonds is 7. The monoisotopic (exact) mass is 412 g/mol. The molecule has 0 radical (unpaired) electrons. The quantitative estimate of drug-likeness (QED) is 0.727. The second-order valence-electron chi connectivity index (χ2n) is 7.31. The van der Waals surface area contributed by atoms with Crippen molar-refractivity contribution in [3.63, 3.8) is 0 Å². The van der Waals surface area contributed by atoms with E-state index in [2.05, 4.69) is 5.32 Å². The number of hydrogen-bond donors (Lipinski definition) is 2. The Hall–Kier alpha value is -3.06. The van der Waals surface area contributed by atoms with Gasteiger partial charge in [-0.05, 0) is 30.4 Å². The van der Waals surface area contributed by atoms with Gasteiger partial charge in [-0.3, -0.25) is 4.90 Å². The first kappa shape index (κ1) is 21.6. The molecule has 1 saturated heterocycles. The van der Waals surface area contributed by atoms with E-state index in [0.717, 1.165) is 24.0 Å². The Balaban J connectivity index is 1.53. The Bertz CT molecular complexity index is 800. The second kappa shape index (κ2) is 11.2. The van der Waals surface area contributed by atoms with E-state index in [4.69, 9.17) is 9.47 Å². The zero-order valence-electron chi connectivity index (χ0n) is 16.9. The molecule has 3 rings (SSSR count). The van der Waals surface area contributed by atoms with Crippen LogP contribution in [0.2, 0.25) is 0 Å². The first-order chi connectivity index (χ1) is 14.7. The Kier molecular flexibility index (Phi) is 8.09. The van der Waals surface area contributed by atoms with E-state index >= 15 is 0 Å². The number of ether oxygens (including phenoxy) is 2. The van der Waals surface area contributed by atoms with Crippen LogP contribution in [0.15, 0.2) is 60.7 Å². The van der Waals surface area contributed by atoms with E-state index < -0.39 is 12.2 Å². The maximum absolute atomic E-state index is 12.8. The number of aliphatic hydroxyl groups excluding tert-OH is 1. The molecule has 1 aliphatic rings. The molecule has 2 aromatic rings. The topological polar surface area (TPSA) is 88.1 Å². The molecular formula is C23H28N2O5. The van der Waals surface area contributed by atoms with Crippen LogP contribution in [0.1, 0.15) is 30.4 Å². The van der Waals surface area contributed by atoms with E-state index in [0.29, 0.717) is 6.42 Å². The fraction of sp³-hybridized carbons (Fsp3) is 0.391. The van der Waals surface area contributed by atoms with Crippen LogP contribution in [0, 0.1) is 0 Å². The van der Waals surface area contributed by atoms with Gasteiger partial charge in [0.25, 0.3) is 0 Å². The molecule has 2 amide bonds. The number of nitrogens with one attached hydrogen (secondary N) is 1. The van der Waals surface area contributed by atoms with Gasteiger partial charge in [0.1, 0.15) is 13.2 Å². The van der Waals surface area contributed by atoms with Crippen molar-refractivity contribution >= 4 is 12.2 Å². The van der Waals surface area contributed by atoms with Gasteiger partial charge in [0.15, 0.2) is 0 Å². The summed E-state index contributed by atoms with van der Waals surface area (Å²) >= 11 is 0. The lowest BCUT2D eigenvalue weighted by Crippen LogP contribution is -2.55. The molecule has 0 spiro atoms. The zero-order valence-corrected chi connectivity index (χ0v) is 16.9. The molecule has 7 nitrogen and oxygen atoms in total. The lowest BCUT2D eigenvalue weighted by molar-refractivity contribution is 0.0227. The maximum Gasteiger partial charge on any atom is 0.410 e. The largest absolute Gasteiger partial charge is 0.445 e. The molecule has 1 aliphatic heterocycles. The van der Waals surface area contributed by atoms with Crippen LogP contribution in [0.25, 0.3) is 0 Å². The van der Waals surface area contributed by atoms with Crippen molar-refractivity contribution in [3.05, 3.63) is 71.8 Å². The molecule has 2 atom stereocenters. The van der Waals surface area contributed by atoms with Crippen molar-refractivity contribution in [3.8, 4) is 0 Å². The third kappa shape index (κ3) is 6.22. The van der Waals surface area contributed by atoms with Gasteiger partial charge in [-0.2, -0.15) is 0 Å². The van der Waals surface area contributed by atoms with Crippen LogP contribution in [-0.4, -0.2) is 47.4 Å². The number of nitrogens with zero attached hydrogens (tertiary/aromatic N) is 1. The summed E-state index contributed by atoms with van der Waals surface area (Å²) in [5, 5.41) is 12.5. The average molecular weight is 412 g/mol. The summed E-state index contributed by atoms with van der Waals surface area (Å²) in [5.74, 6) is 0. The van der Waals surface area contributed by atoms with Gasteiger partial charge in [-0.25, -0.2) is 9.59 Å². The van der Waals surface area contributed by atoms with E-state index in [1.54, 1.807) is 4.90 Å². The summed E-state index contributed by atoms with van der Waals surface area (Å²) in [6, 6.07) is 18.3. The number of amides is 2. The molecule has 1 fully saturated rings. The highest BCUT2D eigenvalue weighted by atomic mass is 16.6. The van der Waals surface area contributed by atoms with Gasteiger partial charge in [-0.1, -0.05) is 60.7 Å². The number of hydrogen-bond acceptors (Lipinski definition) is 5. The summed E-state index contributed by atoms with van der Waals surface area (Å²) in [6.45, 7) is 0.437. The maximum atomic E-state index is 12.8. The fourth-order valence-corrected chi connectivity index (χ4v) is 3.61. The van der Waals surface area contributed by atoms with Gasteiger partial charge in [0.05, 0.1) is 18.7 Å². The standard InChI is InChI=1S/C23H28N2O5/c26-15-21-13-7-12-20(14-24-22(27)29-16-18-8-3-1-4-9-18)25(21)23(28)30-17-19-10-5-2-6-11-19/h1-6,8-11,20-21,26H,7,12-17H2,(H,24,27)/t20-,21+/m1/s1. The van der Waals surface area contributed by atoms with Crippen LogP contribution >= 0.6 is 0 Å². The van der Waals surface area contributed by atoms with E-state index in [1.807, 2.05) is 60.7 Å². The number of carbonyl (C=O) groups excluding carboxylic acids is 2. The van der Waals surface area contributed by atoms with Crippen molar-refractivity contribution in [1.82, 2.24) is 10.2 Å². The lowest BCUT2D eigenvalue weighted by Gasteiger charge is -2.40. The Morgan fingerprint density at radius 1 is 0.900 bits per heavy atom. The summed E-state index contributed by atoms with van der Waals surface area (Å²) < 4.78 is 10.7. The zero-order chi connectivity index (χ0) is 21.2. The molecule has 160 valence electrons. The molecule has 2 aromatic carbocycles. The minimum Gasteiger partial charge on any atom is -0.445 e. The molecule has 7 heteroatoms. The van der Waals surface area contributed by atoms with E-state index in [9.17, 15) is 14.7 Å². The Labute approximate surface area is 176 Å². The van der Waals surface area contributed by atoms with Crippen LogP contribution in [0.3, 0.4) is 0 Å². The predicted molar refractivity (Wildman–Crippen MR) is 112 cm³/mol. The van der Waals surface area contributed by atoms with Crippen molar-refractivity contribution in [2.24, 2.45) is 0 Å². The van der Waals surface area contributed by atoms with Crippen molar-refractivity contribution in [2.45, 2.75) is 44.6 Å². The fourth-order valence-electron chi connectivity index (χ4n) is 3.61. The second-order valence-corrected chi connectivity index (χ2v) is 7.31. The van der Waals surface area contributed by atoms with Crippen molar-refractivity contribution < 1.29 is 24.2 Å². The number of piperidine rings is 1. The van der Waals surface area contributed by atoms with E-state index in [-0.39, 0.29) is 38.4 Å². The third-order valence-corrected chi connectivity index (χ3v) is 5.18. The first-order valence-corrected chi connectivity index (χ1v) is 10.2. The number of aliphatic hydroxyl groups is 1. The van der Waals surface area contributed by atoms with Gasteiger partial charge >= 0.3 is 12.2 Å². The minimum absolute atomic E-state index is 0.143. The minimum atomic E-state index is -0.539. The third-order valence-electron chi connectivity index (χ3n) is 5.18. The normalized spacial score (nSPS) is 18.5. The highest BCUT2D eigenvalue weighted by Crippen LogP contribution is 2.24. The predicted octanol–water partition coefficient (Wildman–Crippen LogP) is 3.47. The molecule has 30 heavy (non-hydrogen) atoms. The SMILES string of the molecule is O=C(NC[C@H]1CCC[C@@H](CO)N1C(=O)OCc1ccccc1)OCc1ccccc1. The molecule has 1 heterocycles. The molecule has 0 aromatic heterocycles. The van der Waals surface area contributed by atoms with Crippen molar-refractivity contribution in [1.29, 1.82) is 0 Å². The molecular weight excluding hydrogens is 384 g/mol. The highest BCUT2D eigenvalue weighted by Gasteiger charge is 2.35. The van der Waals surface area contributed by atoms with Crippen LogP contribution in [-0.2, 0) is 22.7 Å². The molecule has 2 N–H and O–H groups in total. The smallest absolute Gasteiger partial charge is 0.410 e. The van der Waals surface area contributed by atoms with Gasteiger partial charge in [-0.15, -0.1) is 0 Å². The molecule has 0 aliphatic carbocycles. The van der Waals surface area contributed by atoms with Crippen molar-refractivity contribution in [2.75, 3.05) is 13.2 Å².